The van der Waals surface area contributed by atoms with Crippen molar-refractivity contribution >= 4 is 5.91 Å². The Kier molecular flexibility index (Phi) is 5.90. The second-order valence-electron chi connectivity index (χ2n) is 6.21. The molecule has 1 N–H and O–H groups in total. The van der Waals surface area contributed by atoms with Gasteiger partial charge in [0, 0.05) is 25.9 Å². The topological polar surface area (TPSA) is 59.8 Å². The fraction of sp³-hybridized carbons (Fsp3) is 0.500. The first-order chi connectivity index (χ1) is 11.0. The van der Waals surface area contributed by atoms with E-state index in [1.165, 1.54) is 11.1 Å². The number of aryl methyl sites for hydroxylation is 2. The van der Waals surface area contributed by atoms with E-state index >= 15 is 0 Å². The van der Waals surface area contributed by atoms with E-state index in [4.69, 9.17) is 0 Å². The molecule has 2 aromatic rings. The molecule has 2 atom stereocenters. The molecule has 0 aliphatic rings. The van der Waals surface area contributed by atoms with Crippen LogP contribution in [0, 0.1) is 0 Å². The molecule has 0 bridgehead atoms. The van der Waals surface area contributed by atoms with E-state index in [-0.39, 0.29) is 17.7 Å². The van der Waals surface area contributed by atoms with E-state index in [1.54, 1.807) is 6.33 Å². The smallest absolute Gasteiger partial charge is 0.220 e. The van der Waals surface area contributed by atoms with Gasteiger partial charge in [-0.15, -0.1) is 10.2 Å². The minimum absolute atomic E-state index is 0.0751. The molecule has 1 aromatic heterocycles. The number of carbonyl (C=O) groups is 1. The minimum atomic E-state index is 0.0751. The zero-order valence-electron chi connectivity index (χ0n) is 14.4. The maximum absolute atomic E-state index is 12.2. The maximum Gasteiger partial charge on any atom is 0.220 e. The van der Waals surface area contributed by atoms with Crippen molar-refractivity contribution in [2.75, 3.05) is 6.54 Å². The van der Waals surface area contributed by atoms with Gasteiger partial charge in [-0.2, -0.15) is 0 Å². The number of rotatable bonds is 7. The fourth-order valence-electron chi connectivity index (χ4n) is 2.65. The van der Waals surface area contributed by atoms with E-state index in [9.17, 15) is 4.79 Å². The van der Waals surface area contributed by atoms with Crippen molar-refractivity contribution < 1.29 is 4.79 Å². The number of nitrogens with one attached hydrogen (secondary N) is 1. The van der Waals surface area contributed by atoms with Crippen LogP contribution in [-0.2, 0) is 18.3 Å². The van der Waals surface area contributed by atoms with Crippen LogP contribution in [0.2, 0.25) is 0 Å². The molecule has 0 fully saturated rings. The molecule has 124 valence electrons. The molecule has 23 heavy (non-hydrogen) atoms. The summed E-state index contributed by atoms with van der Waals surface area (Å²) in [5, 5.41) is 11.0. The quantitative estimate of drug-likeness (QED) is 0.855. The summed E-state index contributed by atoms with van der Waals surface area (Å²) in [7, 11) is 1.91. The molecule has 0 aliphatic carbocycles. The predicted octanol–water partition coefficient (Wildman–Crippen LogP) is 2.79. The predicted molar refractivity (Wildman–Crippen MR) is 91.3 cm³/mol. The van der Waals surface area contributed by atoms with Crippen LogP contribution in [0.3, 0.4) is 0 Å². The highest BCUT2D eigenvalue weighted by Gasteiger charge is 2.15. The zero-order valence-corrected chi connectivity index (χ0v) is 14.4. The zero-order chi connectivity index (χ0) is 16.8. The summed E-state index contributed by atoms with van der Waals surface area (Å²) in [5.41, 5.74) is 2.53. The van der Waals surface area contributed by atoms with Crippen LogP contribution in [0.5, 0.6) is 0 Å². The fourth-order valence-corrected chi connectivity index (χ4v) is 2.65. The van der Waals surface area contributed by atoms with Crippen molar-refractivity contribution in [2.45, 2.75) is 45.4 Å². The Hall–Kier alpha value is -2.17. The second kappa shape index (κ2) is 7.90. The lowest BCUT2D eigenvalue weighted by Gasteiger charge is -2.15. The lowest BCUT2D eigenvalue weighted by molar-refractivity contribution is -0.121. The molecule has 0 saturated carbocycles. The van der Waals surface area contributed by atoms with E-state index in [0.29, 0.717) is 13.0 Å². The number of amides is 1. The van der Waals surface area contributed by atoms with Gasteiger partial charge >= 0.3 is 0 Å². The molecule has 1 amide bonds. The first-order valence-corrected chi connectivity index (χ1v) is 8.20. The van der Waals surface area contributed by atoms with Crippen molar-refractivity contribution in [3.8, 4) is 0 Å². The van der Waals surface area contributed by atoms with Gasteiger partial charge in [0.1, 0.15) is 12.2 Å². The van der Waals surface area contributed by atoms with Crippen LogP contribution in [0.15, 0.2) is 30.6 Å². The summed E-state index contributed by atoms with van der Waals surface area (Å²) < 4.78 is 1.88. The SMILES string of the molecule is CCc1ccc([C@@H](C)CC(=O)NC[C@@H](C)c2nncn2C)cc1. The highest BCUT2D eigenvalue weighted by Crippen LogP contribution is 2.20. The number of benzene rings is 1. The van der Waals surface area contributed by atoms with E-state index in [1.807, 2.05) is 18.5 Å². The molecule has 0 radical (unpaired) electrons. The van der Waals surface area contributed by atoms with Gasteiger partial charge in [-0.3, -0.25) is 4.79 Å². The first-order valence-electron chi connectivity index (χ1n) is 8.20. The summed E-state index contributed by atoms with van der Waals surface area (Å²) >= 11 is 0. The summed E-state index contributed by atoms with van der Waals surface area (Å²) in [6, 6.07) is 8.53. The molecule has 0 saturated heterocycles. The minimum Gasteiger partial charge on any atom is -0.355 e. The Labute approximate surface area is 138 Å². The molecule has 5 nitrogen and oxygen atoms in total. The number of hydrogen-bond donors (Lipinski definition) is 1. The molecule has 1 heterocycles. The molecule has 0 unspecified atom stereocenters. The van der Waals surface area contributed by atoms with Crippen LogP contribution in [0.4, 0.5) is 0 Å². The van der Waals surface area contributed by atoms with Crippen molar-refractivity contribution in [3.05, 3.63) is 47.5 Å². The number of carbonyl (C=O) groups excluding carboxylic acids is 1. The van der Waals surface area contributed by atoms with Gasteiger partial charge in [0.05, 0.1) is 0 Å². The Balaban J connectivity index is 1.83. The maximum atomic E-state index is 12.2. The second-order valence-corrected chi connectivity index (χ2v) is 6.21. The third-order valence-corrected chi connectivity index (χ3v) is 4.24. The molecular weight excluding hydrogens is 288 g/mol. The summed E-state index contributed by atoms with van der Waals surface area (Å²) in [6.07, 6.45) is 3.21. The van der Waals surface area contributed by atoms with Crippen molar-refractivity contribution in [1.29, 1.82) is 0 Å². The summed E-state index contributed by atoms with van der Waals surface area (Å²) in [4.78, 5) is 12.2. The van der Waals surface area contributed by atoms with E-state index in [0.717, 1.165) is 12.2 Å². The van der Waals surface area contributed by atoms with Crippen LogP contribution >= 0.6 is 0 Å². The highest BCUT2D eigenvalue weighted by atomic mass is 16.1. The van der Waals surface area contributed by atoms with Gasteiger partial charge < -0.3 is 9.88 Å². The lowest BCUT2D eigenvalue weighted by atomic mass is 9.96. The van der Waals surface area contributed by atoms with Crippen LogP contribution in [0.25, 0.3) is 0 Å². The molecule has 0 spiro atoms. The van der Waals surface area contributed by atoms with E-state index in [2.05, 4.69) is 53.6 Å². The van der Waals surface area contributed by atoms with Gasteiger partial charge in [-0.1, -0.05) is 45.0 Å². The Morgan fingerprint density at radius 1 is 1.22 bits per heavy atom. The molecular formula is C18H26N4O. The average molecular weight is 314 g/mol. The number of aromatic nitrogens is 3. The highest BCUT2D eigenvalue weighted by molar-refractivity contribution is 5.76. The molecule has 0 aliphatic heterocycles. The Bertz CT molecular complexity index is 633. The van der Waals surface area contributed by atoms with Crippen LogP contribution in [-0.4, -0.2) is 27.2 Å². The third kappa shape index (κ3) is 4.65. The standard InChI is InChI=1S/C18H26N4O/c1-5-15-6-8-16(9-7-15)13(2)10-17(23)19-11-14(3)18-21-20-12-22(18)4/h6-9,12-14H,5,10-11H2,1-4H3,(H,19,23)/t13-,14+/m0/s1. The summed E-state index contributed by atoms with van der Waals surface area (Å²) in [6.45, 7) is 6.85. The van der Waals surface area contributed by atoms with Crippen molar-refractivity contribution in [3.63, 3.8) is 0 Å². The normalized spacial score (nSPS) is 13.6. The van der Waals surface area contributed by atoms with Gasteiger partial charge in [-0.25, -0.2) is 0 Å². The molecule has 1 aromatic carbocycles. The van der Waals surface area contributed by atoms with E-state index < -0.39 is 0 Å². The lowest BCUT2D eigenvalue weighted by Crippen LogP contribution is -2.29. The average Bonchev–Trinajstić information content (AvgIpc) is 2.98. The van der Waals surface area contributed by atoms with Gasteiger partial charge in [0.2, 0.25) is 5.91 Å². The number of nitrogens with zero attached hydrogens (tertiary/aromatic N) is 3. The largest absolute Gasteiger partial charge is 0.355 e. The van der Waals surface area contributed by atoms with Crippen molar-refractivity contribution in [1.82, 2.24) is 20.1 Å². The van der Waals surface area contributed by atoms with Crippen LogP contribution < -0.4 is 5.32 Å². The Morgan fingerprint density at radius 2 is 1.91 bits per heavy atom. The molecule has 5 heteroatoms. The Morgan fingerprint density at radius 3 is 2.48 bits per heavy atom. The van der Waals surface area contributed by atoms with Gasteiger partial charge in [0.25, 0.3) is 0 Å². The van der Waals surface area contributed by atoms with Gasteiger partial charge in [-0.05, 0) is 23.5 Å². The summed E-state index contributed by atoms with van der Waals surface area (Å²) in [5.74, 6) is 1.32. The molecule has 2 rings (SSSR count). The monoisotopic (exact) mass is 314 g/mol. The third-order valence-electron chi connectivity index (χ3n) is 4.24. The van der Waals surface area contributed by atoms with Crippen LogP contribution in [0.1, 0.15) is 56.0 Å². The van der Waals surface area contributed by atoms with Crippen molar-refractivity contribution in [2.24, 2.45) is 7.05 Å². The number of hydrogen-bond acceptors (Lipinski definition) is 3. The first kappa shape index (κ1) is 17.2. The van der Waals surface area contributed by atoms with Gasteiger partial charge in [0.15, 0.2) is 0 Å².